The summed E-state index contributed by atoms with van der Waals surface area (Å²) < 4.78 is 15.9. The van der Waals surface area contributed by atoms with Crippen LogP contribution in [0.15, 0.2) is 42.5 Å². The van der Waals surface area contributed by atoms with Crippen molar-refractivity contribution in [2.45, 2.75) is 57.8 Å². The van der Waals surface area contributed by atoms with Gasteiger partial charge in [-0.2, -0.15) is 0 Å². The van der Waals surface area contributed by atoms with Gasteiger partial charge in [0.05, 0.1) is 26.9 Å². The van der Waals surface area contributed by atoms with Crippen LogP contribution < -0.4 is 14.8 Å². The van der Waals surface area contributed by atoms with E-state index < -0.39 is 36.0 Å². The van der Waals surface area contributed by atoms with E-state index >= 15 is 0 Å². The fourth-order valence-electron chi connectivity index (χ4n) is 4.45. The second-order valence-electron chi connectivity index (χ2n) is 8.72. The molecule has 2 radical (unpaired) electrons. The fraction of sp³-hybridized carbons (Fsp3) is 0.444. The van der Waals surface area contributed by atoms with Crippen LogP contribution in [0.1, 0.15) is 37.0 Å². The molecule has 2 aromatic rings. The lowest BCUT2D eigenvalue weighted by Gasteiger charge is -2.37. The first-order valence-electron chi connectivity index (χ1n) is 12.0. The number of benzene rings is 2. The molecule has 1 aliphatic rings. The Balaban J connectivity index is 0.00000481. The van der Waals surface area contributed by atoms with Gasteiger partial charge in [-0.1, -0.05) is 30.3 Å². The van der Waals surface area contributed by atoms with E-state index in [0.717, 1.165) is 16.7 Å². The Kier molecular flexibility index (Phi) is 11.7. The third-order valence-corrected chi connectivity index (χ3v) is 6.36. The number of nitrogens with one attached hydrogen (secondary N) is 1. The molecule has 0 saturated carbocycles. The lowest BCUT2D eigenvalue weighted by atomic mass is 9.92. The summed E-state index contributed by atoms with van der Waals surface area (Å²) in [5.41, 5.74) is 2.64. The number of ether oxygens (including phenoxy) is 3. The molecule has 9 nitrogen and oxygen atoms in total. The molecule has 1 amide bonds. The summed E-state index contributed by atoms with van der Waals surface area (Å²) in [5.74, 6) is -0.930. The first-order chi connectivity index (χ1) is 17.3. The zero-order valence-corrected chi connectivity index (χ0v) is 23.3. The number of carbonyl (C=O) groups is 3. The molecule has 2 N–H and O–H groups in total. The van der Waals surface area contributed by atoms with Crippen molar-refractivity contribution < 1.29 is 33.7 Å². The standard InChI is InChI=1S/C27H34N2O7.Mg/c1-5-36-27(33)21(12-11-18-9-7-6-8-10-18)28-17(2)25(30)29-16-20-15-24(35-4)23(34-3)14-19(20)13-22(29)26(31)32;/h6-10,14-15,17,21-22,28H,5,11-13,16H2,1-4H3,(H,31,32);/t17-,21-,22-;/m0./s1. The van der Waals surface area contributed by atoms with Crippen LogP contribution in [0.25, 0.3) is 0 Å². The Bertz CT molecular complexity index is 1080. The smallest absolute Gasteiger partial charge is 0.326 e. The first kappa shape index (κ1) is 30.4. The van der Waals surface area contributed by atoms with Crippen molar-refractivity contribution in [1.29, 1.82) is 0 Å². The molecule has 1 heterocycles. The second kappa shape index (κ2) is 14.2. The van der Waals surface area contributed by atoms with Gasteiger partial charge in [0.15, 0.2) is 11.5 Å². The van der Waals surface area contributed by atoms with Crippen LogP contribution >= 0.6 is 0 Å². The quantitative estimate of drug-likeness (QED) is 0.341. The lowest BCUT2D eigenvalue weighted by Crippen LogP contribution is -2.56. The predicted octanol–water partition coefficient (Wildman–Crippen LogP) is 2.20. The van der Waals surface area contributed by atoms with Gasteiger partial charge in [-0.3, -0.25) is 14.9 Å². The van der Waals surface area contributed by atoms with Crippen molar-refractivity contribution in [2.24, 2.45) is 0 Å². The van der Waals surface area contributed by atoms with Crippen LogP contribution in [0.3, 0.4) is 0 Å². The molecule has 1 aliphatic heterocycles. The Labute approximate surface area is 233 Å². The van der Waals surface area contributed by atoms with E-state index in [1.807, 2.05) is 30.3 Å². The molecule has 0 aromatic heterocycles. The van der Waals surface area contributed by atoms with Gasteiger partial charge in [-0.05, 0) is 55.5 Å². The minimum atomic E-state index is -1.10. The van der Waals surface area contributed by atoms with E-state index in [9.17, 15) is 19.5 Å². The molecule has 37 heavy (non-hydrogen) atoms. The number of hydrogen-bond acceptors (Lipinski definition) is 7. The highest BCUT2D eigenvalue weighted by Crippen LogP contribution is 2.35. The number of methoxy groups -OCH3 is 2. The van der Waals surface area contributed by atoms with E-state index in [1.165, 1.54) is 19.1 Å². The number of nitrogens with zero attached hydrogens (tertiary/aromatic N) is 1. The molecule has 3 rings (SSSR count). The van der Waals surface area contributed by atoms with Crippen LogP contribution in [0, 0.1) is 0 Å². The zero-order valence-electron chi connectivity index (χ0n) is 21.9. The van der Waals surface area contributed by atoms with Gasteiger partial charge in [-0.15, -0.1) is 0 Å². The third kappa shape index (κ3) is 7.59. The Morgan fingerprint density at radius 2 is 1.70 bits per heavy atom. The number of rotatable bonds is 11. The average Bonchev–Trinajstić information content (AvgIpc) is 2.89. The lowest BCUT2D eigenvalue weighted by molar-refractivity contribution is -0.153. The van der Waals surface area contributed by atoms with E-state index in [4.69, 9.17) is 14.2 Å². The molecule has 0 fully saturated rings. The molecule has 196 valence electrons. The number of fused-ring (bicyclic) bond motifs is 1. The maximum atomic E-state index is 13.5. The summed E-state index contributed by atoms with van der Waals surface area (Å²) in [4.78, 5) is 39.6. The number of hydrogen-bond donors (Lipinski definition) is 2. The van der Waals surface area contributed by atoms with Crippen molar-refractivity contribution in [3.63, 3.8) is 0 Å². The van der Waals surface area contributed by atoms with E-state index in [-0.39, 0.29) is 42.6 Å². The minimum absolute atomic E-state index is 0. The van der Waals surface area contributed by atoms with Crippen molar-refractivity contribution in [1.82, 2.24) is 10.2 Å². The average molecular weight is 523 g/mol. The SMILES string of the molecule is CCOC(=O)[C@H](CCc1ccccc1)N[C@@H](C)C(=O)N1Cc2cc(OC)c(OC)cc2C[C@H]1C(=O)O.[Mg]. The van der Waals surface area contributed by atoms with Gasteiger partial charge in [-0.25, -0.2) is 4.79 Å². The number of carbonyl (C=O) groups excluding carboxylic acids is 2. The van der Waals surface area contributed by atoms with Gasteiger partial charge in [0, 0.05) is 36.0 Å². The molecule has 0 spiro atoms. The maximum absolute atomic E-state index is 13.5. The minimum Gasteiger partial charge on any atom is -0.493 e. The van der Waals surface area contributed by atoms with Crippen LogP contribution in [0.4, 0.5) is 0 Å². The molecule has 0 unspecified atom stereocenters. The van der Waals surface area contributed by atoms with Crippen LogP contribution in [0.2, 0.25) is 0 Å². The topological polar surface area (TPSA) is 114 Å². The normalized spacial score (nSPS) is 16.0. The Morgan fingerprint density at radius 1 is 1.08 bits per heavy atom. The number of aryl methyl sites for hydroxylation is 1. The number of esters is 1. The second-order valence-corrected chi connectivity index (χ2v) is 8.72. The summed E-state index contributed by atoms with van der Waals surface area (Å²) in [5, 5.41) is 13.0. The van der Waals surface area contributed by atoms with Gasteiger partial charge >= 0.3 is 11.9 Å². The molecule has 0 saturated heterocycles. The highest BCUT2D eigenvalue weighted by Gasteiger charge is 2.38. The van der Waals surface area contributed by atoms with Crippen molar-refractivity contribution in [3.05, 3.63) is 59.2 Å². The van der Waals surface area contributed by atoms with Crippen LogP contribution in [-0.2, 0) is 38.5 Å². The molecule has 3 atom stereocenters. The van der Waals surface area contributed by atoms with E-state index in [0.29, 0.717) is 24.3 Å². The van der Waals surface area contributed by atoms with E-state index in [1.54, 1.807) is 26.0 Å². The monoisotopic (exact) mass is 522 g/mol. The molecular formula is C27H34MgN2O7. The number of carboxylic acid groups (broad SMARTS) is 1. The van der Waals surface area contributed by atoms with Gasteiger partial charge < -0.3 is 24.2 Å². The largest absolute Gasteiger partial charge is 0.493 e. The zero-order chi connectivity index (χ0) is 26.2. The molecule has 2 aromatic carbocycles. The van der Waals surface area contributed by atoms with Crippen LogP contribution in [-0.4, -0.2) is 89.9 Å². The molecule has 0 bridgehead atoms. The summed E-state index contributed by atoms with van der Waals surface area (Å²) in [6.45, 7) is 3.69. The summed E-state index contributed by atoms with van der Waals surface area (Å²) in [6.07, 6.45) is 1.19. The molecule has 0 aliphatic carbocycles. The highest BCUT2D eigenvalue weighted by molar-refractivity contribution is 5.88. The Morgan fingerprint density at radius 3 is 2.27 bits per heavy atom. The van der Waals surface area contributed by atoms with Gasteiger partial charge in [0.2, 0.25) is 5.91 Å². The molecular weight excluding hydrogens is 489 g/mol. The first-order valence-corrected chi connectivity index (χ1v) is 12.0. The van der Waals surface area contributed by atoms with Gasteiger partial charge in [0.1, 0.15) is 12.1 Å². The number of amides is 1. The maximum Gasteiger partial charge on any atom is 0.326 e. The van der Waals surface area contributed by atoms with Crippen molar-refractivity contribution in [2.75, 3.05) is 20.8 Å². The van der Waals surface area contributed by atoms with Crippen LogP contribution in [0.5, 0.6) is 11.5 Å². The third-order valence-electron chi connectivity index (χ3n) is 6.36. The number of carboxylic acids is 1. The summed E-state index contributed by atoms with van der Waals surface area (Å²) >= 11 is 0. The predicted molar refractivity (Wildman–Crippen MR) is 139 cm³/mol. The van der Waals surface area contributed by atoms with E-state index in [2.05, 4.69) is 5.32 Å². The van der Waals surface area contributed by atoms with Gasteiger partial charge in [0.25, 0.3) is 0 Å². The van der Waals surface area contributed by atoms with Crippen molar-refractivity contribution >= 4 is 40.9 Å². The highest BCUT2D eigenvalue weighted by atomic mass is 24.3. The van der Waals surface area contributed by atoms with Crippen molar-refractivity contribution in [3.8, 4) is 11.5 Å². The fourth-order valence-corrected chi connectivity index (χ4v) is 4.45. The Hall–Kier alpha value is -2.82. The summed E-state index contributed by atoms with van der Waals surface area (Å²) in [6, 6.07) is 10.7. The molecule has 10 heteroatoms. The number of aliphatic carboxylic acids is 1. The summed E-state index contributed by atoms with van der Waals surface area (Å²) in [7, 11) is 3.04.